The molecule has 0 bridgehead atoms. The Balaban J connectivity index is 1.61. The van der Waals surface area contributed by atoms with Crippen molar-refractivity contribution < 1.29 is 9.47 Å². The molecule has 5 heteroatoms. The zero-order valence-electron chi connectivity index (χ0n) is 15.0. The quantitative estimate of drug-likeness (QED) is 0.612. The van der Waals surface area contributed by atoms with Crippen molar-refractivity contribution >= 4 is 17.0 Å². The molecule has 2 aliphatic heterocycles. The predicted octanol–water partition coefficient (Wildman–Crippen LogP) is 5.39. The van der Waals surface area contributed by atoms with Gasteiger partial charge in [-0.05, 0) is 35.4 Å². The molecule has 2 aromatic carbocycles. The Morgan fingerprint density at radius 1 is 1.15 bits per heavy atom. The molecule has 3 aromatic rings. The van der Waals surface area contributed by atoms with Crippen molar-refractivity contribution in [3.63, 3.8) is 0 Å². The normalized spacial score (nSPS) is 20.5. The maximum atomic E-state index is 6.46. The second kappa shape index (κ2) is 6.74. The first-order chi connectivity index (χ1) is 13.3. The molecule has 0 radical (unpaired) electrons. The van der Waals surface area contributed by atoms with E-state index in [2.05, 4.69) is 52.2 Å². The Bertz CT molecular complexity index is 969. The Morgan fingerprint density at radius 3 is 2.81 bits per heavy atom. The lowest BCUT2D eigenvalue weighted by molar-refractivity contribution is -0.0209. The highest BCUT2D eigenvalue weighted by Crippen LogP contribution is 2.50. The molecule has 27 heavy (non-hydrogen) atoms. The van der Waals surface area contributed by atoms with Crippen molar-refractivity contribution in [1.82, 2.24) is 5.01 Å². The minimum Gasteiger partial charge on any atom is -0.490 e. The summed E-state index contributed by atoms with van der Waals surface area (Å²) in [7, 11) is 0. The topological polar surface area (TPSA) is 34.1 Å². The average Bonchev–Trinajstić information content (AvgIpc) is 3.39. The molecule has 0 saturated carbocycles. The minimum atomic E-state index is -0.239. The number of hydrazone groups is 1. The fourth-order valence-corrected chi connectivity index (χ4v) is 4.46. The van der Waals surface area contributed by atoms with Crippen LogP contribution < -0.4 is 9.47 Å². The highest BCUT2D eigenvalue weighted by molar-refractivity contribution is 7.07. The third-order valence-corrected chi connectivity index (χ3v) is 5.72. The van der Waals surface area contributed by atoms with Crippen molar-refractivity contribution in [1.29, 1.82) is 0 Å². The Morgan fingerprint density at radius 2 is 2.04 bits per heavy atom. The molecular formula is C22H20N2O2S. The van der Waals surface area contributed by atoms with Crippen LogP contribution in [-0.2, 0) is 0 Å². The zero-order chi connectivity index (χ0) is 18.2. The number of ether oxygens (including phenoxy) is 2. The fraction of sp³-hybridized carbons (Fsp3) is 0.227. The van der Waals surface area contributed by atoms with E-state index >= 15 is 0 Å². The number of rotatable bonds is 4. The van der Waals surface area contributed by atoms with Gasteiger partial charge >= 0.3 is 0 Å². The molecule has 5 rings (SSSR count). The number of fused-ring (bicyclic) bond motifs is 3. The lowest BCUT2D eigenvalue weighted by Crippen LogP contribution is -2.33. The standard InChI is InChI=1S/C22H20N2O2S/c1-2-25-20-10-6-9-17-19-13-18(15-7-4-3-5-8-15)23-24(19)22(26-21(17)20)16-11-12-27-14-16/h3-12,14,19,22H,2,13H2,1H3/t19-,22+/m1/s1. The molecule has 0 N–H and O–H groups in total. The van der Waals surface area contributed by atoms with Crippen molar-refractivity contribution in [2.24, 2.45) is 5.10 Å². The first-order valence-corrected chi connectivity index (χ1v) is 10.1. The summed E-state index contributed by atoms with van der Waals surface area (Å²) < 4.78 is 12.3. The Hall–Kier alpha value is -2.79. The summed E-state index contributed by atoms with van der Waals surface area (Å²) in [5.74, 6) is 1.66. The lowest BCUT2D eigenvalue weighted by Gasteiger charge is -2.38. The van der Waals surface area contributed by atoms with E-state index in [0.29, 0.717) is 6.61 Å². The van der Waals surface area contributed by atoms with Gasteiger partial charge < -0.3 is 9.47 Å². The van der Waals surface area contributed by atoms with E-state index in [0.717, 1.165) is 34.8 Å². The van der Waals surface area contributed by atoms with Crippen molar-refractivity contribution in [2.75, 3.05) is 6.61 Å². The van der Waals surface area contributed by atoms with Crippen LogP contribution in [0, 0.1) is 0 Å². The average molecular weight is 376 g/mol. The van der Waals surface area contributed by atoms with Gasteiger partial charge in [0, 0.05) is 17.5 Å². The molecule has 0 saturated heterocycles. The zero-order valence-corrected chi connectivity index (χ0v) is 15.9. The van der Waals surface area contributed by atoms with Gasteiger partial charge in [0.2, 0.25) is 6.23 Å². The minimum absolute atomic E-state index is 0.147. The fourth-order valence-electron chi connectivity index (χ4n) is 3.79. The Labute approximate surface area is 162 Å². The van der Waals surface area contributed by atoms with Gasteiger partial charge in [0.1, 0.15) is 0 Å². The van der Waals surface area contributed by atoms with Gasteiger partial charge in [-0.15, -0.1) is 0 Å². The van der Waals surface area contributed by atoms with Crippen LogP contribution in [0.1, 0.15) is 42.3 Å². The van der Waals surface area contributed by atoms with Gasteiger partial charge in [-0.2, -0.15) is 16.4 Å². The first kappa shape index (κ1) is 16.4. The number of benzene rings is 2. The van der Waals surface area contributed by atoms with Crippen LogP contribution >= 0.6 is 11.3 Å². The van der Waals surface area contributed by atoms with Gasteiger partial charge in [-0.25, -0.2) is 5.01 Å². The second-order valence-corrected chi connectivity index (χ2v) is 7.43. The van der Waals surface area contributed by atoms with E-state index in [1.54, 1.807) is 11.3 Å². The van der Waals surface area contributed by atoms with Crippen molar-refractivity contribution in [3.05, 3.63) is 82.0 Å². The van der Waals surface area contributed by atoms with E-state index in [1.165, 1.54) is 5.56 Å². The molecule has 0 fully saturated rings. The van der Waals surface area contributed by atoms with Gasteiger partial charge in [0.05, 0.1) is 18.4 Å². The van der Waals surface area contributed by atoms with E-state index < -0.39 is 0 Å². The summed E-state index contributed by atoms with van der Waals surface area (Å²) in [5.41, 5.74) is 4.53. The number of hydrogen-bond acceptors (Lipinski definition) is 5. The van der Waals surface area contributed by atoms with Gasteiger partial charge in [-0.1, -0.05) is 42.5 Å². The predicted molar refractivity (Wildman–Crippen MR) is 107 cm³/mol. The smallest absolute Gasteiger partial charge is 0.214 e. The molecular weight excluding hydrogens is 356 g/mol. The summed E-state index contributed by atoms with van der Waals surface area (Å²) in [4.78, 5) is 0. The molecule has 2 atom stereocenters. The summed E-state index contributed by atoms with van der Waals surface area (Å²) in [6, 6.07) is 18.8. The van der Waals surface area contributed by atoms with Crippen molar-refractivity contribution in [3.8, 4) is 11.5 Å². The lowest BCUT2D eigenvalue weighted by atomic mass is 9.96. The highest BCUT2D eigenvalue weighted by Gasteiger charge is 2.42. The molecule has 136 valence electrons. The van der Waals surface area contributed by atoms with Crippen LogP contribution in [0.3, 0.4) is 0 Å². The van der Waals surface area contributed by atoms with Crippen LogP contribution in [0.5, 0.6) is 11.5 Å². The third kappa shape index (κ3) is 2.79. The first-order valence-electron chi connectivity index (χ1n) is 9.21. The maximum Gasteiger partial charge on any atom is 0.214 e. The molecule has 0 aliphatic carbocycles. The number of nitrogens with zero attached hydrogens (tertiary/aromatic N) is 2. The summed E-state index contributed by atoms with van der Waals surface area (Å²) in [5, 5.41) is 11.3. The molecule has 1 aromatic heterocycles. The number of thiophene rings is 1. The molecule has 0 spiro atoms. The van der Waals surface area contributed by atoms with E-state index in [4.69, 9.17) is 14.6 Å². The molecule has 4 nitrogen and oxygen atoms in total. The van der Waals surface area contributed by atoms with E-state index in [9.17, 15) is 0 Å². The maximum absolute atomic E-state index is 6.46. The van der Waals surface area contributed by atoms with Gasteiger partial charge in [0.15, 0.2) is 11.5 Å². The van der Waals surface area contributed by atoms with Gasteiger partial charge in [0.25, 0.3) is 0 Å². The Kier molecular flexibility index (Phi) is 4.09. The molecule has 0 amide bonds. The second-order valence-electron chi connectivity index (χ2n) is 6.65. The molecule has 0 unspecified atom stereocenters. The largest absolute Gasteiger partial charge is 0.490 e. The summed E-state index contributed by atoms with van der Waals surface area (Å²) >= 11 is 1.67. The van der Waals surface area contributed by atoms with Crippen LogP contribution in [0.15, 0.2) is 70.5 Å². The van der Waals surface area contributed by atoms with Crippen LogP contribution in [0.25, 0.3) is 0 Å². The van der Waals surface area contributed by atoms with Crippen molar-refractivity contribution in [2.45, 2.75) is 25.6 Å². The summed E-state index contributed by atoms with van der Waals surface area (Å²) in [6.45, 7) is 2.61. The third-order valence-electron chi connectivity index (χ3n) is 5.02. The van der Waals surface area contributed by atoms with Crippen LogP contribution in [-0.4, -0.2) is 17.3 Å². The van der Waals surface area contributed by atoms with E-state index in [1.807, 2.05) is 25.1 Å². The number of hydrogen-bond donors (Lipinski definition) is 0. The molecule has 3 heterocycles. The SMILES string of the molecule is CCOc1cccc2c1O[C@@H](c1ccsc1)N1N=C(c3ccccc3)C[C@H]21. The monoisotopic (exact) mass is 376 g/mol. The highest BCUT2D eigenvalue weighted by atomic mass is 32.1. The summed E-state index contributed by atoms with van der Waals surface area (Å²) in [6.07, 6.45) is 0.618. The van der Waals surface area contributed by atoms with Gasteiger partial charge in [-0.3, -0.25) is 0 Å². The molecule has 2 aliphatic rings. The van der Waals surface area contributed by atoms with Crippen LogP contribution in [0.2, 0.25) is 0 Å². The van der Waals surface area contributed by atoms with Crippen LogP contribution in [0.4, 0.5) is 0 Å². The number of para-hydroxylation sites is 1. The van der Waals surface area contributed by atoms with E-state index in [-0.39, 0.29) is 12.3 Å².